The summed E-state index contributed by atoms with van der Waals surface area (Å²) in [6.07, 6.45) is 3.88. The van der Waals surface area contributed by atoms with Gasteiger partial charge in [0.05, 0.1) is 0 Å². The summed E-state index contributed by atoms with van der Waals surface area (Å²) in [6.45, 7) is 4.57. The molecule has 0 bridgehead atoms. The molecule has 0 atom stereocenters. The van der Waals surface area contributed by atoms with Gasteiger partial charge in [0.25, 0.3) is 0 Å². The monoisotopic (exact) mass is 275 g/mol. The lowest BCUT2D eigenvalue weighted by Crippen LogP contribution is -2.25. The van der Waals surface area contributed by atoms with Crippen LogP contribution in [0.15, 0.2) is 24.3 Å². The second kappa shape index (κ2) is 8.02. The van der Waals surface area contributed by atoms with E-state index >= 15 is 0 Å². The largest absolute Gasteiger partial charge is 0.352 e. The molecule has 0 aliphatic carbocycles. The fraction of sp³-hybridized carbons (Fsp3) is 0.562. The zero-order valence-electron chi connectivity index (χ0n) is 12.1. The van der Waals surface area contributed by atoms with Crippen molar-refractivity contribution in [3.63, 3.8) is 0 Å². The number of nitrogens with two attached hydrogens (primary N) is 1. The molecule has 1 aromatic carbocycles. The average molecular weight is 275 g/mol. The van der Waals surface area contributed by atoms with E-state index in [-0.39, 0.29) is 5.91 Å². The molecule has 0 radical (unpaired) electrons. The number of amides is 1. The number of carbonyl (C=O) groups excluding carboxylic acids is 1. The maximum atomic E-state index is 11.7. The van der Waals surface area contributed by atoms with Crippen molar-refractivity contribution in [2.45, 2.75) is 38.8 Å². The zero-order chi connectivity index (χ0) is 14.2. The molecule has 0 spiro atoms. The summed E-state index contributed by atoms with van der Waals surface area (Å²) < 4.78 is 0. The Morgan fingerprint density at radius 2 is 1.90 bits per heavy atom. The highest BCUT2D eigenvalue weighted by Gasteiger charge is 2.13. The number of rotatable bonds is 7. The smallest absolute Gasteiger partial charge is 0.220 e. The van der Waals surface area contributed by atoms with Crippen LogP contribution in [0.1, 0.15) is 36.8 Å². The van der Waals surface area contributed by atoms with Crippen LogP contribution in [0.25, 0.3) is 0 Å². The van der Waals surface area contributed by atoms with Gasteiger partial charge >= 0.3 is 0 Å². The number of nitrogens with zero attached hydrogens (tertiary/aromatic N) is 1. The second-order valence-corrected chi connectivity index (χ2v) is 5.42. The van der Waals surface area contributed by atoms with Crippen molar-refractivity contribution in [1.82, 2.24) is 10.2 Å². The van der Waals surface area contributed by atoms with E-state index in [1.807, 2.05) is 6.07 Å². The lowest BCUT2D eigenvalue weighted by Gasteiger charge is -2.17. The van der Waals surface area contributed by atoms with Crippen LogP contribution >= 0.6 is 0 Å². The Kier molecular flexibility index (Phi) is 6.02. The van der Waals surface area contributed by atoms with Gasteiger partial charge in [-0.3, -0.25) is 9.69 Å². The van der Waals surface area contributed by atoms with Gasteiger partial charge in [-0.15, -0.1) is 0 Å². The van der Waals surface area contributed by atoms with Gasteiger partial charge in [0.2, 0.25) is 5.91 Å². The van der Waals surface area contributed by atoms with Crippen molar-refractivity contribution in [2.24, 2.45) is 5.73 Å². The first-order valence-electron chi connectivity index (χ1n) is 7.55. The standard InChI is InChI=1S/C16H25N3O/c17-9-5-8-16(20)18-12-14-6-1-2-7-15(14)13-19-10-3-4-11-19/h1-2,6-7H,3-5,8-13,17H2,(H,18,20). The number of hydrogen-bond acceptors (Lipinski definition) is 3. The Bertz CT molecular complexity index is 427. The molecule has 1 aromatic rings. The molecule has 0 saturated carbocycles. The Hall–Kier alpha value is -1.39. The molecule has 3 N–H and O–H groups in total. The van der Waals surface area contributed by atoms with E-state index < -0.39 is 0 Å². The van der Waals surface area contributed by atoms with Crippen molar-refractivity contribution in [2.75, 3.05) is 19.6 Å². The first-order chi connectivity index (χ1) is 9.79. The van der Waals surface area contributed by atoms with Crippen LogP contribution in [0.3, 0.4) is 0 Å². The third-order valence-corrected chi connectivity index (χ3v) is 3.79. The maximum absolute atomic E-state index is 11.7. The first kappa shape index (κ1) is 15.0. The van der Waals surface area contributed by atoms with E-state index in [0.29, 0.717) is 19.5 Å². The summed E-state index contributed by atoms with van der Waals surface area (Å²) in [5.74, 6) is 0.0893. The molecule has 0 unspecified atom stereocenters. The predicted molar refractivity (Wildman–Crippen MR) is 81.1 cm³/mol. The molecule has 0 aromatic heterocycles. The number of hydrogen-bond donors (Lipinski definition) is 2. The lowest BCUT2D eigenvalue weighted by atomic mass is 10.1. The van der Waals surface area contributed by atoms with Crippen LogP contribution in [0, 0.1) is 0 Å². The molecule has 110 valence electrons. The highest BCUT2D eigenvalue weighted by molar-refractivity contribution is 5.75. The van der Waals surface area contributed by atoms with E-state index in [0.717, 1.165) is 13.0 Å². The van der Waals surface area contributed by atoms with Gasteiger partial charge in [0, 0.05) is 19.5 Å². The van der Waals surface area contributed by atoms with Crippen molar-refractivity contribution in [1.29, 1.82) is 0 Å². The van der Waals surface area contributed by atoms with E-state index in [4.69, 9.17) is 5.73 Å². The van der Waals surface area contributed by atoms with E-state index in [1.54, 1.807) is 0 Å². The topological polar surface area (TPSA) is 58.4 Å². The van der Waals surface area contributed by atoms with Crippen molar-refractivity contribution < 1.29 is 4.79 Å². The highest BCUT2D eigenvalue weighted by Crippen LogP contribution is 2.16. The third kappa shape index (κ3) is 4.62. The van der Waals surface area contributed by atoms with Crippen LogP contribution in [0.2, 0.25) is 0 Å². The summed E-state index contributed by atoms with van der Waals surface area (Å²) in [5.41, 5.74) is 7.96. The molecule has 1 heterocycles. The minimum Gasteiger partial charge on any atom is -0.352 e. The zero-order valence-corrected chi connectivity index (χ0v) is 12.1. The maximum Gasteiger partial charge on any atom is 0.220 e. The van der Waals surface area contributed by atoms with Gasteiger partial charge in [0.1, 0.15) is 0 Å². The van der Waals surface area contributed by atoms with Crippen LogP contribution in [0.4, 0.5) is 0 Å². The Morgan fingerprint density at radius 3 is 2.60 bits per heavy atom. The fourth-order valence-electron chi connectivity index (χ4n) is 2.61. The van der Waals surface area contributed by atoms with Gasteiger partial charge in [-0.05, 0) is 50.0 Å². The molecule has 1 fully saturated rings. The Morgan fingerprint density at radius 1 is 1.20 bits per heavy atom. The predicted octanol–water partition coefficient (Wildman–Crippen LogP) is 1.64. The van der Waals surface area contributed by atoms with Crippen molar-refractivity contribution >= 4 is 5.91 Å². The number of nitrogens with one attached hydrogen (secondary N) is 1. The number of benzene rings is 1. The summed E-state index contributed by atoms with van der Waals surface area (Å²) in [5, 5.41) is 2.99. The van der Waals surface area contributed by atoms with Gasteiger partial charge in [0.15, 0.2) is 0 Å². The van der Waals surface area contributed by atoms with Crippen LogP contribution in [0.5, 0.6) is 0 Å². The lowest BCUT2D eigenvalue weighted by molar-refractivity contribution is -0.121. The molecule has 1 aliphatic rings. The molecule has 2 rings (SSSR count). The van der Waals surface area contributed by atoms with E-state index in [2.05, 4.69) is 28.4 Å². The van der Waals surface area contributed by atoms with E-state index in [9.17, 15) is 4.79 Å². The minimum absolute atomic E-state index is 0.0893. The van der Waals surface area contributed by atoms with Gasteiger partial charge in [-0.1, -0.05) is 24.3 Å². The van der Waals surface area contributed by atoms with Crippen LogP contribution < -0.4 is 11.1 Å². The molecule has 20 heavy (non-hydrogen) atoms. The molecule has 1 aliphatic heterocycles. The van der Waals surface area contributed by atoms with Crippen molar-refractivity contribution in [3.8, 4) is 0 Å². The molecular weight excluding hydrogens is 250 g/mol. The molecule has 4 nitrogen and oxygen atoms in total. The highest BCUT2D eigenvalue weighted by atomic mass is 16.1. The quantitative estimate of drug-likeness (QED) is 0.795. The van der Waals surface area contributed by atoms with Crippen molar-refractivity contribution in [3.05, 3.63) is 35.4 Å². The van der Waals surface area contributed by atoms with Crippen LogP contribution in [-0.4, -0.2) is 30.4 Å². The first-order valence-corrected chi connectivity index (χ1v) is 7.55. The van der Waals surface area contributed by atoms with E-state index in [1.165, 1.54) is 37.1 Å². The molecule has 4 heteroatoms. The number of likely N-dealkylation sites (tertiary alicyclic amines) is 1. The average Bonchev–Trinajstić information content (AvgIpc) is 2.97. The molecular formula is C16H25N3O. The summed E-state index contributed by atoms with van der Waals surface area (Å²) in [7, 11) is 0. The normalized spacial score (nSPS) is 15.4. The minimum atomic E-state index is 0.0893. The van der Waals surface area contributed by atoms with Gasteiger partial charge in [-0.2, -0.15) is 0 Å². The summed E-state index contributed by atoms with van der Waals surface area (Å²) in [6, 6.07) is 8.38. The molecule has 1 amide bonds. The SMILES string of the molecule is NCCCC(=O)NCc1ccccc1CN1CCCC1. The summed E-state index contributed by atoms with van der Waals surface area (Å²) >= 11 is 0. The Labute approximate surface area is 121 Å². The third-order valence-electron chi connectivity index (χ3n) is 3.79. The molecule has 1 saturated heterocycles. The van der Waals surface area contributed by atoms with Gasteiger partial charge < -0.3 is 11.1 Å². The second-order valence-electron chi connectivity index (χ2n) is 5.42. The Balaban J connectivity index is 1.88. The summed E-state index contributed by atoms with van der Waals surface area (Å²) in [4.78, 5) is 14.1. The van der Waals surface area contributed by atoms with Gasteiger partial charge in [-0.25, -0.2) is 0 Å². The number of carbonyl (C=O) groups is 1. The van der Waals surface area contributed by atoms with Crippen LogP contribution in [-0.2, 0) is 17.9 Å². The fourth-order valence-corrected chi connectivity index (χ4v) is 2.61.